The van der Waals surface area contributed by atoms with E-state index in [4.69, 9.17) is 14.2 Å². The number of hydrogen-bond donors (Lipinski definition) is 0. The summed E-state index contributed by atoms with van der Waals surface area (Å²) >= 11 is 0. The summed E-state index contributed by atoms with van der Waals surface area (Å²) in [6.07, 6.45) is 1.71. The minimum atomic E-state index is -1.24. The Bertz CT molecular complexity index is 287. The van der Waals surface area contributed by atoms with E-state index >= 15 is 0 Å². The Labute approximate surface area is 134 Å². The molecule has 0 aromatic heterocycles. The predicted octanol–water partition coefficient (Wildman–Crippen LogP) is 2.78. The number of hydrogen-bond acceptors (Lipinski definition) is 4. The number of epoxide rings is 1. The van der Waals surface area contributed by atoms with Crippen molar-refractivity contribution in [1.29, 1.82) is 0 Å². The molecule has 1 fully saturated rings. The average Bonchev–Trinajstić information content (AvgIpc) is 3.16. The first-order chi connectivity index (χ1) is 9.80. The second kappa shape index (κ2) is 8.79. The van der Waals surface area contributed by atoms with Gasteiger partial charge in [0, 0.05) is 19.8 Å². The maximum atomic E-state index is 5.78. The van der Waals surface area contributed by atoms with Crippen molar-refractivity contribution in [2.45, 2.75) is 64.4 Å². The fourth-order valence-electron chi connectivity index (χ4n) is 2.40. The molecule has 124 valence electrons. The second-order valence-electron chi connectivity index (χ2n) is 6.66. The lowest BCUT2D eigenvalue weighted by atomic mass is 10.4. The molecular formula is C15H33NO3Si2. The van der Waals surface area contributed by atoms with E-state index < -0.39 is 8.24 Å². The largest absolute Gasteiger partial charge is 0.372 e. The van der Waals surface area contributed by atoms with E-state index in [9.17, 15) is 0 Å². The summed E-state index contributed by atoms with van der Waals surface area (Å²) in [6.45, 7) is 18.1. The Morgan fingerprint density at radius 2 is 1.81 bits per heavy atom. The third-order valence-electron chi connectivity index (χ3n) is 3.67. The van der Waals surface area contributed by atoms with Crippen LogP contribution in [0.1, 0.15) is 27.2 Å². The van der Waals surface area contributed by atoms with Crippen LogP contribution in [0.25, 0.3) is 0 Å². The molecule has 0 bridgehead atoms. The molecule has 0 spiro atoms. The minimum absolute atomic E-state index is 0.382. The van der Waals surface area contributed by atoms with Gasteiger partial charge in [-0.1, -0.05) is 25.7 Å². The van der Waals surface area contributed by atoms with Crippen molar-refractivity contribution in [3.8, 4) is 0 Å². The molecule has 1 heterocycles. The molecule has 4 nitrogen and oxygen atoms in total. The van der Waals surface area contributed by atoms with Crippen molar-refractivity contribution in [2.75, 3.05) is 32.9 Å². The van der Waals surface area contributed by atoms with Gasteiger partial charge in [0.15, 0.2) is 0 Å². The van der Waals surface area contributed by atoms with Crippen LogP contribution in [0.15, 0.2) is 0 Å². The molecule has 21 heavy (non-hydrogen) atoms. The summed E-state index contributed by atoms with van der Waals surface area (Å²) in [6, 6.07) is 1.17. The quantitative estimate of drug-likeness (QED) is 0.238. The summed E-state index contributed by atoms with van der Waals surface area (Å²) in [5, 5.41) is 0. The van der Waals surface area contributed by atoms with Gasteiger partial charge in [-0.2, -0.15) is 0 Å². The van der Waals surface area contributed by atoms with Crippen molar-refractivity contribution >= 4 is 17.8 Å². The Hall–Kier alpha value is 0.274. The summed E-state index contributed by atoms with van der Waals surface area (Å²) in [7, 11) is -0.544. The maximum absolute atomic E-state index is 5.78. The van der Waals surface area contributed by atoms with Crippen molar-refractivity contribution < 1.29 is 14.2 Å². The highest BCUT2D eigenvalue weighted by molar-refractivity contribution is 6.73. The molecule has 1 atom stereocenters. The third-order valence-corrected chi connectivity index (χ3v) is 7.50. The molecule has 1 saturated heterocycles. The molecule has 1 rings (SSSR count). The van der Waals surface area contributed by atoms with Crippen molar-refractivity contribution in [2.24, 2.45) is 0 Å². The zero-order valence-corrected chi connectivity index (χ0v) is 16.7. The van der Waals surface area contributed by atoms with Gasteiger partial charge in [0.05, 0.1) is 12.7 Å². The van der Waals surface area contributed by atoms with Crippen LogP contribution in [-0.2, 0) is 14.2 Å². The van der Waals surface area contributed by atoms with Crippen molar-refractivity contribution in [3.05, 3.63) is 0 Å². The van der Waals surface area contributed by atoms with Gasteiger partial charge in [-0.3, -0.25) is 0 Å². The first-order valence-electron chi connectivity index (χ1n) is 8.20. The number of nitrogens with zero attached hydrogens (tertiary/aromatic N) is 1. The van der Waals surface area contributed by atoms with Crippen LogP contribution in [0.2, 0.25) is 25.7 Å². The first kappa shape index (κ1) is 19.3. The van der Waals surface area contributed by atoms with Gasteiger partial charge < -0.3 is 18.8 Å². The van der Waals surface area contributed by atoms with E-state index in [0.29, 0.717) is 28.8 Å². The molecule has 1 unspecified atom stereocenters. The first-order valence-corrected chi connectivity index (χ1v) is 12.9. The molecular weight excluding hydrogens is 298 g/mol. The normalized spacial score (nSPS) is 19.3. The molecule has 1 aliphatic rings. The topological polar surface area (TPSA) is 34.2 Å². The molecule has 0 saturated carbocycles. The lowest BCUT2D eigenvalue weighted by molar-refractivity contribution is -0.163. The lowest BCUT2D eigenvalue weighted by Crippen LogP contribution is -2.48. The van der Waals surface area contributed by atoms with Gasteiger partial charge in [-0.25, -0.2) is 0 Å². The molecule has 2 radical (unpaired) electrons. The number of ether oxygens (including phenoxy) is 3. The minimum Gasteiger partial charge on any atom is -0.372 e. The van der Waals surface area contributed by atoms with Crippen molar-refractivity contribution in [1.82, 2.24) is 4.57 Å². The molecule has 0 aromatic rings. The fourth-order valence-corrected chi connectivity index (χ4v) is 5.26. The van der Waals surface area contributed by atoms with E-state index in [-0.39, 0.29) is 5.41 Å². The fraction of sp³-hybridized carbons (Fsp3) is 1.00. The van der Waals surface area contributed by atoms with Crippen LogP contribution in [0.5, 0.6) is 0 Å². The van der Waals surface area contributed by atoms with Crippen LogP contribution in [0.3, 0.4) is 0 Å². The summed E-state index contributed by atoms with van der Waals surface area (Å²) in [5.41, 5.74) is -0.382. The van der Waals surface area contributed by atoms with Crippen LogP contribution in [-0.4, -0.2) is 66.7 Å². The van der Waals surface area contributed by atoms with Gasteiger partial charge in [-0.15, -0.1) is 0 Å². The highest BCUT2D eigenvalue weighted by atomic mass is 28.3. The molecule has 6 heteroatoms. The highest BCUT2D eigenvalue weighted by Gasteiger charge is 2.32. The zero-order valence-electron chi connectivity index (χ0n) is 14.7. The second-order valence-corrected chi connectivity index (χ2v) is 13.4. The van der Waals surface area contributed by atoms with E-state index in [1.807, 2.05) is 13.8 Å². The van der Waals surface area contributed by atoms with Crippen LogP contribution >= 0.6 is 0 Å². The maximum Gasteiger partial charge on any atom is 0.144 e. The molecule has 0 aliphatic carbocycles. The van der Waals surface area contributed by atoms with Crippen LogP contribution < -0.4 is 0 Å². The third kappa shape index (κ3) is 7.90. The van der Waals surface area contributed by atoms with Gasteiger partial charge in [0.25, 0.3) is 0 Å². The van der Waals surface area contributed by atoms with Gasteiger partial charge in [0.2, 0.25) is 0 Å². The molecule has 0 amide bonds. The summed E-state index contributed by atoms with van der Waals surface area (Å²) < 4.78 is 19.6. The van der Waals surface area contributed by atoms with E-state index in [1.165, 1.54) is 19.0 Å². The predicted molar refractivity (Wildman–Crippen MR) is 91.5 cm³/mol. The molecule has 1 aliphatic heterocycles. The average molecular weight is 332 g/mol. The van der Waals surface area contributed by atoms with Crippen LogP contribution in [0.4, 0.5) is 0 Å². The molecule has 0 aromatic carbocycles. The smallest absolute Gasteiger partial charge is 0.144 e. The Morgan fingerprint density at radius 3 is 2.24 bits per heavy atom. The van der Waals surface area contributed by atoms with E-state index in [2.05, 4.69) is 31.1 Å². The Morgan fingerprint density at radius 1 is 1.24 bits per heavy atom. The van der Waals surface area contributed by atoms with E-state index in [1.54, 1.807) is 0 Å². The lowest BCUT2D eigenvalue weighted by Gasteiger charge is -2.34. The standard InChI is InChI=1S/C15H33NO3Si2/c1-7-18-15(3,19-8-2)20-11-9-10-16(21(4,5)6)12-14-13-17-14/h14H,7-13H2,1-6H3. The van der Waals surface area contributed by atoms with Gasteiger partial charge in [0.1, 0.15) is 23.2 Å². The SMILES string of the molecule is CCOC(C)(OCC)[Si]CCCN(CC1CO1)[Si](C)(C)C. The summed E-state index contributed by atoms with van der Waals surface area (Å²) in [4.78, 5) is 0. The van der Waals surface area contributed by atoms with Crippen molar-refractivity contribution in [3.63, 3.8) is 0 Å². The monoisotopic (exact) mass is 331 g/mol. The highest BCUT2D eigenvalue weighted by Crippen LogP contribution is 2.19. The Balaban J connectivity index is 2.31. The van der Waals surface area contributed by atoms with E-state index in [0.717, 1.165) is 13.2 Å². The van der Waals surface area contributed by atoms with Gasteiger partial charge in [-0.05, 0) is 33.7 Å². The molecule has 0 N–H and O–H groups in total. The van der Waals surface area contributed by atoms with Gasteiger partial charge >= 0.3 is 0 Å². The summed E-state index contributed by atoms with van der Waals surface area (Å²) in [5.74, 6) is 0. The number of rotatable bonds is 12. The zero-order chi connectivity index (χ0) is 15.9. The van der Waals surface area contributed by atoms with Crippen LogP contribution in [0, 0.1) is 0 Å². The Kier molecular flexibility index (Phi) is 8.09.